The zero-order chi connectivity index (χ0) is 28.9. The molecule has 0 saturated carbocycles. The van der Waals surface area contributed by atoms with E-state index in [1.54, 1.807) is 0 Å². The number of rotatable bonds is 9. The van der Waals surface area contributed by atoms with Crippen LogP contribution in [-0.2, 0) is 11.3 Å². The molecule has 1 unspecified atom stereocenters. The molecule has 9 heteroatoms. The molecule has 0 bridgehead atoms. The quantitative estimate of drug-likeness (QED) is 0.171. The first-order chi connectivity index (χ1) is 20.6. The predicted molar refractivity (Wildman–Crippen MR) is 175 cm³/mol. The molecule has 0 N–H and O–H groups in total. The van der Waals surface area contributed by atoms with E-state index < -0.39 is 0 Å². The Kier molecular flexibility index (Phi) is 8.98. The lowest BCUT2D eigenvalue weighted by Gasteiger charge is -2.35. The van der Waals surface area contributed by atoms with Crippen LogP contribution in [0, 0.1) is 0 Å². The molecule has 3 heterocycles. The van der Waals surface area contributed by atoms with Crippen LogP contribution in [0.25, 0.3) is 28.1 Å². The van der Waals surface area contributed by atoms with Gasteiger partial charge in [0.05, 0.1) is 10.8 Å². The smallest absolute Gasteiger partial charge is 0.236 e. The normalized spacial score (nSPS) is 15.1. The summed E-state index contributed by atoms with van der Waals surface area (Å²) in [5.74, 6) is 0.154. The zero-order valence-electron chi connectivity index (χ0n) is 23.6. The Bertz CT molecular complexity index is 1700. The Hall–Kier alpha value is -3.53. The maximum absolute atomic E-state index is 13.6. The summed E-state index contributed by atoms with van der Waals surface area (Å²) < 4.78 is 3.24. The lowest BCUT2D eigenvalue weighted by atomic mass is 10.2. The number of fused-ring (bicyclic) bond motifs is 3. The molecule has 1 atom stereocenters. The van der Waals surface area contributed by atoms with Gasteiger partial charge in [-0.05, 0) is 35.7 Å². The average molecular weight is 642 g/mol. The molecule has 0 spiro atoms. The third-order valence-corrected chi connectivity index (χ3v) is 9.39. The average Bonchev–Trinajstić information content (AvgIpc) is 3.34. The molecule has 0 aliphatic carbocycles. The molecular weight excluding hydrogens is 608 g/mol. The maximum Gasteiger partial charge on any atom is 0.236 e. The van der Waals surface area contributed by atoms with E-state index in [0.717, 1.165) is 59.3 Å². The summed E-state index contributed by atoms with van der Waals surface area (Å²) >= 11 is 4.95. The first-order valence-electron chi connectivity index (χ1n) is 14.3. The zero-order valence-corrected chi connectivity index (χ0v) is 26.0. The van der Waals surface area contributed by atoms with Gasteiger partial charge in [0, 0.05) is 49.1 Å². The van der Waals surface area contributed by atoms with Gasteiger partial charge in [-0.3, -0.25) is 9.69 Å². The molecule has 1 saturated heterocycles. The number of piperazine rings is 1. The number of thioether (sulfide) groups is 1. The molecule has 5 aromatic rings. The molecule has 6 rings (SSSR count). The van der Waals surface area contributed by atoms with Crippen molar-refractivity contribution in [1.82, 2.24) is 29.5 Å². The van der Waals surface area contributed by atoms with Crippen LogP contribution in [0.4, 0.5) is 0 Å². The molecule has 1 aliphatic rings. The minimum absolute atomic E-state index is 0.154. The minimum Gasteiger partial charge on any atom is -0.339 e. The van der Waals surface area contributed by atoms with E-state index in [0.29, 0.717) is 18.1 Å². The van der Waals surface area contributed by atoms with Crippen LogP contribution in [0.3, 0.4) is 0 Å². The van der Waals surface area contributed by atoms with Crippen molar-refractivity contribution < 1.29 is 4.79 Å². The van der Waals surface area contributed by atoms with Crippen LogP contribution in [0.5, 0.6) is 0 Å². The van der Waals surface area contributed by atoms with Gasteiger partial charge in [0.15, 0.2) is 5.65 Å². The number of carbonyl (C=O) groups excluding carboxylic acids is 1. The highest BCUT2D eigenvalue weighted by atomic mass is 79.9. The summed E-state index contributed by atoms with van der Waals surface area (Å²) in [7, 11) is 0. The summed E-state index contributed by atoms with van der Waals surface area (Å²) in [4.78, 5) is 22.9. The first-order valence-corrected chi connectivity index (χ1v) is 16.0. The highest BCUT2D eigenvalue weighted by Gasteiger charge is 2.28. The highest BCUT2D eigenvalue weighted by molar-refractivity contribution is 9.10. The molecule has 214 valence electrons. The third kappa shape index (κ3) is 6.43. The Morgan fingerprint density at radius 2 is 1.69 bits per heavy atom. The van der Waals surface area contributed by atoms with Gasteiger partial charge in [-0.25, -0.2) is 4.98 Å². The van der Waals surface area contributed by atoms with Crippen LogP contribution >= 0.6 is 27.7 Å². The number of nitrogens with zero attached hydrogens (tertiary/aromatic N) is 6. The predicted octanol–water partition coefficient (Wildman–Crippen LogP) is 6.52. The second kappa shape index (κ2) is 13.2. The molecule has 1 fully saturated rings. The number of para-hydroxylation sites is 1. The summed E-state index contributed by atoms with van der Waals surface area (Å²) in [6.45, 7) is 6.80. The molecular formula is C33H33BrN6OS. The summed E-state index contributed by atoms with van der Waals surface area (Å²) in [6.07, 6.45) is 5.06. The first kappa shape index (κ1) is 28.6. The van der Waals surface area contributed by atoms with E-state index in [9.17, 15) is 4.79 Å². The summed E-state index contributed by atoms with van der Waals surface area (Å²) in [5, 5.41) is 10.4. The Balaban J connectivity index is 1.14. The monoisotopic (exact) mass is 640 g/mol. The number of carbonyl (C=O) groups is 1. The van der Waals surface area contributed by atoms with Gasteiger partial charge in [0.25, 0.3) is 0 Å². The molecule has 0 radical (unpaired) electrons. The van der Waals surface area contributed by atoms with Gasteiger partial charge in [-0.15, -0.1) is 10.2 Å². The summed E-state index contributed by atoms with van der Waals surface area (Å²) in [5.41, 5.74) is 5.02. The minimum atomic E-state index is -0.252. The number of halogens is 1. The molecule has 7 nitrogen and oxygen atoms in total. The number of hydrogen-bond donors (Lipinski definition) is 0. The standard InChI is InChI=1S/C33H33BrN6OS/c1-2-29(32(41)39-21-19-38(20-22-39)18-8-11-24-9-4-3-5-10-24)42-33-35-31-30(36-37-33)27-12-6-7-13-28(27)40(31)23-25-14-16-26(34)17-15-25/h3-17,29H,2,18-23H2,1H3/b11-8+. The van der Waals surface area contributed by atoms with Crippen LogP contribution < -0.4 is 0 Å². The number of amides is 1. The van der Waals surface area contributed by atoms with Crippen molar-refractivity contribution in [2.75, 3.05) is 32.7 Å². The molecule has 42 heavy (non-hydrogen) atoms. The lowest BCUT2D eigenvalue weighted by molar-refractivity contribution is -0.132. The van der Waals surface area contributed by atoms with Gasteiger partial charge in [-0.2, -0.15) is 0 Å². The van der Waals surface area contributed by atoms with Crippen molar-refractivity contribution in [1.29, 1.82) is 0 Å². The van der Waals surface area contributed by atoms with Crippen LogP contribution in [0.1, 0.15) is 24.5 Å². The Morgan fingerprint density at radius 3 is 2.45 bits per heavy atom. The van der Waals surface area contributed by atoms with Crippen molar-refractivity contribution in [3.8, 4) is 0 Å². The molecule has 2 aromatic heterocycles. The van der Waals surface area contributed by atoms with Crippen LogP contribution in [-0.4, -0.2) is 73.4 Å². The van der Waals surface area contributed by atoms with E-state index in [2.05, 4.69) is 115 Å². The van der Waals surface area contributed by atoms with Crippen molar-refractivity contribution in [3.05, 3.63) is 101 Å². The molecule has 1 amide bonds. The maximum atomic E-state index is 13.6. The second-order valence-electron chi connectivity index (χ2n) is 10.5. The van der Waals surface area contributed by atoms with Crippen LogP contribution in [0.15, 0.2) is 94.6 Å². The van der Waals surface area contributed by atoms with E-state index in [-0.39, 0.29) is 11.2 Å². The van der Waals surface area contributed by atoms with Crippen molar-refractivity contribution in [2.24, 2.45) is 0 Å². The van der Waals surface area contributed by atoms with E-state index >= 15 is 0 Å². The number of hydrogen-bond acceptors (Lipinski definition) is 6. The van der Waals surface area contributed by atoms with Crippen molar-refractivity contribution in [2.45, 2.75) is 30.3 Å². The van der Waals surface area contributed by atoms with Gasteiger partial charge < -0.3 is 9.47 Å². The van der Waals surface area contributed by atoms with Crippen molar-refractivity contribution in [3.63, 3.8) is 0 Å². The van der Waals surface area contributed by atoms with Gasteiger partial charge in [0.1, 0.15) is 5.52 Å². The van der Waals surface area contributed by atoms with Crippen LogP contribution in [0.2, 0.25) is 0 Å². The fourth-order valence-electron chi connectivity index (χ4n) is 5.36. The fraction of sp³-hybridized carbons (Fsp3) is 0.273. The third-order valence-electron chi connectivity index (χ3n) is 7.66. The number of aromatic nitrogens is 4. The Labute approximate surface area is 258 Å². The van der Waals surface area contributed by atoms with Gasteiger partial charge >= 0.3 is 0 Å². The second-order valence-corrected chi connectivity index (χ2v) is 12.5. The highest BCUT2D eigenvalue weighted by Crippen LogP contribution is 2.30. The lowest BCUT2D eigenvalue weighted by Crippen LogP contribution is -2.50. The van der Waals surface area contributed by atoms with Crippen molar-refractivity contribution >= 4 is 61.7 Å². The number of benzene rings is 3. The SMILES string of the molecule is CCC(Sc1nnc2c3ccccc3n(Cc3ccc(Br)cc3)c2n1)C(=O)N1CCN(C/C=C/c2ccccc2)CC1. The van der Waals surface area contributed by atoms with Gasteiger partial charge in [0.2, 0.25) is 11.1 Å². The molecule has 1 aliphatic heterocycles. The summed E-state index contributed by atoms with van der Waals surface area (Å²) in [6, 6.07) is 26.9. The molecule has 3 aromatic carbocycles. The fourth-order valence-corrected chi connectivity index (χ4v) is 6.53. The van der Waals surface area contributed by atoms with E-state index in [1.807, 2.05) is 23.1 Å². The topological polar surface area (TPSA) is 67.2 Å². The van der Waals surface area contributed by atoms with E-state index in [1.165, 1.54) is 22.9 Å². The van der Waals surface area contributed by atoms with Gasteiger partial charge in [-0.1, -0.05) is 107 Å². The Morgan fingerprint density at radius 1 is 0.952 bits per heavy atom. The largest absolute Gasteiger partial charge is 0.339 e. The van der Waals surface area contributed by atoms with E-state index in [4.69, 9.17) is 4.98 Å².